The number of aromatic nitrogens is 1. The zero-order valence-electron chi connectivity index (χ0n) is 14.4. The van der Waals surface area contributed by atoms with E-state index < -0.39 is 10.8 Å². The minimum Gasteiger partial charge on any atom is -0.347 e. The minimum atomic E-state index is -0.591. The highest BCUT2D eigenvalue weighted by Crippen LogP contribution is 2.25. The van der Waals surface area contributed by atoms with Gasteiger partial charge in [-0.1, -0.05) is 18.2 Å². The largest absolute Gasteiger partial charge is 0.347 e. The SMILES string of the molecule is CCn1cc(C(=O)Nc2cccc([N+](=O)[O-])c2C)c(=O)c2ccccc21. The standard InChI is InChI=1S/C19H17N3O4/c1-3-21-11-14(18(23)13-7-4-5-9-17(13)21)19(24)20-15-8-6-10-16(12(15)2)22(25)26/h4-11H,3H2,1-2H3,(H,20,24). The summed E-state index contributed by atoms with van der Waals surface area (Å²) < 4.78 is 1.83. The fourth-order valence-corrected chi connectivity index (χ4v) is 2.91. The Balaban J connectivity index is 2.07. The van der Waals surface area contributed by atoms with Crippen LogP contribution in [0.15, 0.2) is 53.5 Å². The predicted octanol–water partition coefficient (Wildman–Crippen LogP) is 3.49. The maximum Gasteiger partial charge on any atom is 0.274 e. The normalized spacial score (nSPS) is 10.7. The van der Waals surface area contributed by atoms with Crippen molar-refractivity contribution in [2.75, 3.05) is 5.32 Å². The van der Waals surface area contributed by atoms with Crippen molar-refractivity contribution in [3.05, 3.63) is 80.1 Å². The topological polar surface area (TPSA) is 94.2 Å². The van der Waals surface area contributed by atoms with E-state index in [1.165, 1.54) is 18.3 Å². The Kier molecular flexibility index (Phi) is 4.53. The molecule has 0 saturated carbocycles. The molecule has 0 saturated heterocycles. The second kappa shape index (κ2) is 6.79. The molecule has 0 radical (unpaired) electrons. The first-order valence-corrected chi connectivity index (χ1v) is 8.11. The highest BCUT2D eigenvalue weighted by atomic mass is 16.6. The predicted molar refractivity (Wildman–Crippen MR) is 99.7 cm³/mol. The first kappa shape index (κ1) is 17.3. The summed E-state index contributed by atoms with van der Waals surface area (Å²) in [6, 6.07) is 11.5. The average molecular weight is 351 g/mol. The van der Waals surface area contributed by atoms with Crippen LogP contribution in [0.1, 0.15) is 22.8 Å². The van der Waals surface area contributed by atoms with Gasteiger partial charge in [0.2, 0.25) is 5.43 Å². The number of carbonyl (C=O) groups excluding carboxylic acids is 1. The van der Waals surface area contributed by atoms with Gasteiger partial charge in [-0.05, 0) is 32.0 Å². The zero-order chi connectivity index (χ0) is 18.8. The highest BCUT2D eigenvalue weighted by molar-refractivity contribution is 6.06. The van der Waals surface area contributed by atoms with Gasteiger partial charge in [0.05, 0.1) is 21.7 Å². The molecule has 1 amide bonds. The Hall–Kier alpha value is -3.48. The van der Waals surface area contributed by atoms with E-state index in [0.717, 1.165) is 5.52 Å². The number of nitrogens with one attached hydrogen (secondary N) is 1. The van der Waals surface area contributed by atoms with Gasteiger partial charge in [-0.2, -0.15) is 0 Å². The van der Waals surface area contributed by atoms with Crippen LogP contribution in [0.2, 0.25) is 0 Å². The number of anilines is 1. The van der Waals surface area contributed by atoms with Gasteiger partial charge in [0, 0.05) is 24.2 Å². The molecule has 1 N–H and O–H groups in total. The van der Waals surface area contributed by atoms with Crippen molar-refractivity contribution in [1.82, 2.24) is 4.57 Å². The molecule has 26 heavy (non-hydrogen) atoms. The number of fused-ring (bicyclic) bond motifs is 1. The molecule has 2 aromatic carbocycles. The van der Waals surface area contributed by atoms with E-state index in [1.54, 1.807) is 25.1 Å². The van der Waals surface area contributed by atoms with Crippen LogP contribution < -0.4 is 10.7 Å². The van der Waals surface area contributed by atoms with E-state index in [-0.39, 0.29) is 16.7 Å². The van der Waals surface area contributed by atoms with E-state index in [2.05, 4.69) is 5.32 Å². The molecule has 7 heteroatoms. The summed E-state index contributed by atoms with van der Waals surface area (Å²) in [5, 5.41) is 14.1. The second-order valence-corrected chi connectivity index (χ2v) is 5.84. The van der Waals surface area contributed by atoms with Gasteiger partial charge >= 0.3 is 0 Å². The lowest BCUT2D eigenvalue weighted by Crippen LogP contribution is -2.24. The van der Waals surface area contributed by atoms with Gasteiger partial charge in [-0.3, -0.25) is 19.7 Å². The van der Waals surface area contributed by atoms with Crippen LogP contribution in [0.25, 0.3) is 10.9 Å². The third-order valence-corrected chi connectivity index (χ3v) is 4.32. The molecule has 0 aliphatic heterocycles. The summed E-state index contributed by atoms with van der Waals surface area (Å²) in [4.78, 5) is 35.9. The van der Waals surface area contributed by atoms with Gasteiger partial charge in [0.1, 0.15) is 5.56 Å². The molecular formula is C19H17N3O4. The molecule has 0 atom stereocenters. The molecule has 0 fully saturated rings. The smallest absolute Gasteiger partial charge is 0.274 e. The summed E-state index contributed by atoms with van der Waals surface area (Å²) in [5.41, 5.74) is 0.931. The Morgan fingerprint density at radius 1 is 1.19 bits per heavy atom. The van der Waals surface area contributed by atoms with E-state index in [1.807, 2.05) is 23.6 Å². The Labute approximate surface area is 149 Å². The van der Waals surface area contributed by atoms with Crippen LogP contribution in [-0.2, 0) is 6.54 Å². The molecule has 0 aliphatic rings. The molecule has 132 valence electrons. The van der Waals surface area contributed by atoms with Crippen LogP contribution in [0, 0.1) is 17.0 Å². The Morgan fingerprint density at radius 3 is 2.62 bits per heavy atom. The minimum absolute atomic E-state index is 0.00328. The fourth-order valence-electron chi connectivity index (χ4n) is 2.91. The molecular weight excluding hydrogens is 334 g/mol. The summed E-state index contributed by atoms with van der Waals surface area (Å²) in [6.07, 6.45) is 1.52. The number of benzene rings is 2. The van der Waals surface area contributed by atoms with Crippen molar-refractivity contribution in [2.24, 2.45) is 0 Å². The molecule has 1 heterocycles. The van der Waals surface area contributed by atoms with Crippen molar-refractivity contribution in [3.8, 4) is 0 Å². The van der Waals surface area contributed by atoms with Crippen molar-refractivity contribution >= 4 is 28.2 Å². The summed E-state index contributed by atoms with van der Waals surface area (Å²) in [7, 11) is 0. The zero-order valence-corrected chi connectivity index (χ0v) is 14.4. The van der Waals surface area contributed by atoms with Gasteiger partial charge in [0.25, 0.3) is 11.6 Å². The van der Waals surface area contributed by atoms with E-state index in [4.69, 9.17) is 0 Å². The number of hydrogen-bond donors (Lipinski definition) is 1. The molecule has 3 rings (SSSR count). The number of nitrogens with zero attached hydrogens (tertiary/aromatic N) is 2. The first-order chi connectivity index (χ1) is 12.4. The maximum atomic E-state index is 12.7. The van der Waals surface area contributed by atoms with E-state index in [0.29, 0.717) is 23.2 Å². The molecule has 0 unspecified atom stereocenters. The molecule has 0 bridgehead atoms. The molecule has 1 aromatic heterocycles. The third kappa shape index (κ3) is 2.95. The van der Waals surface area contributed by atoms with Crippen molar-refractivity contribution in [1.29, 1.82) is 0 Å². The van der Waals surface area contributed by atoms with Crippen LogP contribution in [0.3, 0.4) is 0 Å². The average Bonchev–Trinajstić information content (AvgIpc) is 2.63. The molecule has 0 aliphatic carbocycles. The quantitative estimate of drug-likeness (QED) is 0.575. The van der Waals surface area contributed by atoms with Crippen LogP contribution >= 0.6 is 0 Å². The molecule has 7 nitrogen and oxygen atoms in total. The monoisotopic (exact) mass is 351 g/mol. The molecule has 3 aromatic rings. The van der Waals surface area contributed by atoms with Gasteiger partial charge in [-0.15, -0.1) is 0 Å². The molecule has 0 spiro atoms. The van der Waals surface area contributed by atoms with Crippen molar-refractivity contribution in [3.63, 3.8) is 0 Å². The van der Waals surface area contributed by atoms with Crippen LogP contribution in [0.4, 0.5) is 11.4 Å². The third-order valence-electron chi connectivity index (χ3n) is 4.32. The Morgan fingerprint density at radius 2 is 1.92 bits per heavy atom. The number of aryl methyl sites for hydroxylation is 1. The number of pyridine rings is 1. The maximum absolute atomic E-state index is 12.7. The van der Waals surface area contributed by atoms with E-state index in [9.17, 15) is 19.7 Å². The van der Waals surface area contributed by atoms with Gasteiger partial charge in [0.15, 0.2) is 0 Å². The van der Waals surface area contributed by atoms with Gasteiger partial charge in [-0.25, -0.2) is 0 Å². The number of hydrogen-bond acceptors (Lipinski definition) is 4. The van der Waals surface area contributed by atoms with E-state index >= 15 is 0 Å². The highest BCUT2D eigenvalue weighted by Gasteiger charge is 2.18. The number of para-hydroxylation sites is 1. The number of amides is 1. The van der Waals surface area contributed by atoms with Gasteiger partial charge < -0.3 is 9.88 Å². The number of nitro groups is 1. The summed E-state index contributed by atoms with van der Waals surface area (Å²) >= 11 is 0. The summed E-state index contributed by atoms with van der Waals surface area (Å²) in [6.45, 7) is 4.07. The fraction of sp³-hybridized carbons (Fsp3) is 0.158. The Bertz CT molecular complexity index is 1090. The lowest BCUT2D eigenvalue weighted by molar-refractivity contribution is -0.385. The number of carbonyl (C=O) groups is 1. The lowest BCUT2D eigenvalue weighted by atomic mass is 10.1. The number of nitro benzene ring substituents is 1. The second-order valence-electron chi connectivity index (χ2n) is 5.84. The summed E-state index contributed by atoms with van der Waals surface area (Å²) in [5.74, 6) is -0.591. The van der Waals surface area contributed by atoms with Crippen molar-refractivity contribution in [2.45, 2.75) is 20.4 Å². The first-order valence-electron chi connectivity index (χ1n) is 8.11. The number of rotatable bonds is 4. The van der Waals surface area contributed by atoms with Crippen LogP contribution in [-0.4, -0.2) is 15.4 Å². The lowest BCUT2D eigenvalue weighted by Gasteiger charge is -2.12. The van der Waals surface area contributed by atoms with Crippen LogP contribution in [0.5, 0.6) is 0 Å². The van der Waals surface area contributed by atoms with Crippen molar-refractivity contribution < 1.29 is 9.72 Å².